The highest BCUT2D eigenvalue weighted by Gasteiger charge is 2.03. The molecule has 0 amide bonds. The Morgan fingerprint density at radius 2 is 1.94 bits per heavy atom. The molecule has 0 saturated carbocycles. The molecule has 16 heavy (non-hydrogen) atoms. The molecule has 0 radical (unpaired) electrons. The van der Waals surface area contributed by atoms with Crippen LogP contribution in [-0.2, 0) is 6.42 Å². The zero-order chi connectivity index (χ0) is 11.4. The molecule has 0 aliphatic heterocycles. The second-order valence-corrected chi connectivity index (χ2v) is 3.44. The van der Waals surface area contributed by atoms with Gasteiger partial charge in [-0.1, -0.05) is 0 Å². The number of nitrogens with zero attached hydrogens (tertiary/aromatic N) is 4. The maximum absolute atomic E-state index is 5.45. The summed E-state index contributed by atoms with van der Waals surface area (Å²) in [6.45, 7) is 2.45. The van der Waals surface area contributed by atoms with Crippen molar-refractivity contribution in [1.82, 2.24) is 19.9 Å². The van der Waals surface area contributed by atoms with Gasteiger partial charge in [0.15, 0.2) is 5.82 Å². The Kier molecular flexibility index (Phi) is 3.16. The average Bonchev–Trinajstić information content (AvgIpc) is 2.30. The lowest BCUT2D eigenvalue weighted by molar-refractivity contribution is 0.939. The van der Waals surface area contributed by atoms with Crippen LogP contribution >= 0.6 is 0 Å². The number of aryl methyl sites for hydroxylation is 1. The first-order valence-corrected chi connectivity index (χ1v) is 5.10. The maximum atomic E-state index is 5.45. The highest BCUT2D eigenvalue weighted by molar-refractivity contribution is 5.47. The summed E-state index contributed by atoms with van der Waals surface area (Å²) in [6, 6.07) is 1.80. The second kappa shape index (κ2) is 4.76. The molecule has 0 spiro atoms. The van der Waals surface area contributed by atoms with E-state index in [4.69, 9.17) is 5.73 Å². The van der Waals surface area contributed by atoms with E-state index in [0.29, 0.717) is 18.2 Å². The van der Waals surface area contributed by atoms with Crippen LogP contribution in [0.3, 0.4) is 0 Å². The summed E-state index contributed by atoms with van der Waals surface area (Å²) in [5.41, 5.74) is 7.23. The van der Waals surface area contributed by atoms with Crippen LogP contribution in [0.5, 0.6) is 0 Å². The summed E-state index contributed by atoms with van der Waals surface area (Å²) < 4.78 is 0. The van der Waals surface area contributed by atoms with Gasteiger partial charge >= 0.3 is 0 Å². The van der Waals surface area contributed by atoms with E-state index in [2.05, 4.69) is 19.9 Å². The third kappa shape index (κ3) is 2.38. The van der Waals surface area contributed by atoms with Crippen molar-refractivity contribution < 1.29 is 0 Å². The van der Waals surface area contributed by atoms with E-state index in [0.717, 1.165) is 17.7 Å². The van der Waals surface area contributed by atoms with Crippen LogP contribution in [-0.4, -0.2) is 26.5 Å². The van der Waals surface area contributed by atoms with Crippen molar-refractivity contribution in [3.8, 4) is 11.5 Å². The van der Waals surface area contributed by atoms with Gasteiger partial charge in [-0.25, -0.2) is 19.9 Å². The third-order valence-corrected chi connectivity index (χ3v) is 2.14. The van der Waals surface area contributed by atoms with Crippen LogP contribution in [0.2, 0.25) is 0 Å². The lowest BCUT2D eigenvalue weighted by Gasteiger charge is -2.01. The molecule has 2 aromatic rings. The van der Waals surface area contributed by atoms with Crippen molar-refractivity contribution in [1.29, 1.82) is 0 Å². The maximum Gasteiger partial charge on any atom is 0.178 e. The Morgan fingerprint density at radius 1 is 1.19 bits per heavy atom. The first-order valence-electron chi connectivity index (χ1n) is 5.10. The number of hydrogen-bond acceptors (Lipinski definition) is 5. The topological polar surface area (TPSA) is 77.6 Å². The fraction of sp³-hybridized carbons (Fsp3) is 0.273. The minimum Gasteiger partial charge on any atom is -0.330 e. The molecule has 0 fully saturated rings. The van der Waals surface area contributed by atoms with Gasteiger partial charge in [0.1, 0.15) is 11.5 Å². The van der Waals surface area contributed by atoms with E-state index >= 15 is 0 Å². The predicted octanol–water partition coefficient (Wildman–Crippen LogP) is 0.743. The van der Waals surface area contributed by atoms with E-state index in [1.54, 1.807) is 24.7 Å². The van der Waals surface area contributed by atoms with Crippen LogP contribution in [0, 0.1) is 6.92 Å². The fourth-order valence-electron chi connectivity index (χ4n) is 1.36. The molecule has 0 unspecified atom stereocenters. The molecule has 0 bridgehead atoms. The molecule has 5 heteroatoms. The number of hydrogen-bond donors (Lipinski definition) is 1. The van der Waals surface area contributed by atoms with Crippen molar-refractivity contribution in [2.24, 2.45) is 5.73 Å². The number of nitrogens with two attached hydrogens (primary N) is 1. The van der Waals surface area contributed by atoms with Crippen molar-refractivity contribution in [2.75, 3.05) is 6.54 Å². The summed E-state index contributed by atoms with van der Waals surface area (Å²) in [4.78, 5) is 16.8. The summed E-state index contributed by atoms with van der Waals surface area (Å²) in [5.74, 6) is 1.33. The zero-order valence-corrected chi connectivity index (χ0v) is 9.09. The van der Waals surface area contributed by atoms with Crippen LogP contribution in [0.25, 0.3) is 11.5 Å². The Hall–Kier alpha value is -1.88. The minimum absolute atomic E-state index is 0.606. The van der Waals surface area contributed by atoms with Gasteiger partial charge in [0, 0.05) is 18.6 Å². The fourth-order valence-corrected chi connectivity index (χ4v) is 1.36. The Balaban J connectivity index is 2.27. The van der Waals surface area contributed by atoms with Crippen LogP contribution < -0.4 is 5.73 Å². The highest BCUT2D eigenvalue weighted by Crippen LogP contribution is 2.10. The average molecular weight is 215 g/mol. The van der Waals surface area contributed by atoms with Gasteiger partial charge in [0.05, 0.1) is 0 Å². The van der Waals surface area contributed by atoms with Gasteiger partial charge in [0.25, 0.3) is 0 Å². The quantitative estimate of drug-likeness (QED) is 0.817. The smallest absolute Gasteiger partial charge is 0.178 e. The summed E-state index contributed by atoms with van der Waals surface area (Å²) >= 11 is 0. The molecule has 0 aliphatic carbocycles. The molecule has 2 aromatic heterocycles. The van der Waals surface area contributed by atoms with E-state index in [-0.39, 0.29) is 0 Å². The molecular weight excluding hydrogens is 202 g/mol. The van der Waals surface area contributed by atoms with Crippen LogP contribution in [0.4, 0.5) is 0 Å². The van der Waals surface area contributed by atoms with Gasteiger partial charge in [-0.3, -0.25) is 0 Å². The van der Waals surface area contributed by atoms with Gasteiger partial charge in [-0.2, -0.15) is 0 Å². The molecule has 5 nitrogen and oxygen atoms in total. The van der Waals surface area contributed by atoms with Crippen LogP contribution in [0.1, 0.15) is 11.4 Å². The van der Waals surface area contributed by atoms with Crippen molar-refractivity contribution in [3.63, 3.8) is 0 Å². The largest absolute Gasteiger partial charge is 0.330 e. The third-order valence-electron chi connectivity index (χ3n) is 2.14. The molecule has 2 N–H and O–H groups in total. The molecule has 2 heterocycles. The highest BCUT2D eigenvalue weighted by atomic mass is 14.9. The first kappa shape index (κ1) is 10.6. The molecule has 0 aromatic carbocycles. The van der Waals surface area contributed by atoms with E-state index in [1.165, 1.54) is 0 Å². The van der Waals surface area contributed by atoms with Crippen molar-refractivity contribution >= 4 is 0 Å². The molecular formula is C11H13N5. The molecule has 2 rings (SSSR count). The van der Waals surface area contributed by atoms with Crippen molar-refractivity contribution in [2.45, 2.75) is 13.3 Å². The summed E-state index contributed by atoms with van der Waals surface area (Å²) in [6.07, 6.45) is 6.07. The Bertz CT molecular complexity index is 466. The number of aromatic nitrogens is 4. The molecule has 0 aliphatic rings. The minimum atomic E-state index is 0.606. The standard InChI is InChI=1S/C11H13N5/c1-8-13-5-3-10(16-8)11-14-6-9(2-4-12)7-15-11/h3,5-7H,2,4,12H2,1H3. The summed E-state index contributed by atoms with van der Waals surface area (Å²) in [5, 5.41) is 0. The monoisotopic (exact) mass is 215 g/mol. The lowest BCUT2D eigenvalue weighted by Crippen LogP contribution is -2.04. The van der Waals surface area contributed by atoms with Gasteiger partial charge in [0.2, 0.25) is 0 Å². The Labute approximate surface area is 93.8 Å². The summed E-state index contributed by atoms with van der Waals surface area (Å²) in [7, 11) is 0. The number of rotatable bonds is 3. The molecule has 0 atom stereocenters. The predicted molar refractivity (Wildman–Crippen MR) is 60.6 cm³/mol. The van der Waals surface area contributed by atoms with Gasteiger partial charge in [-0.15, -0.1) is 0 Å². The Morgan fingerprint density at radius 3 is 2.56 bits per heavy atom. The first-order chi connectivity index (χ1) is 7.79. The van der Waals surface area contributed by atoms with E-state index < -0.39 is 0 Å². The van der Waals surface area contributed by atoms with Crippen LogP contribution in [0.15, 0.2) is 24.7 Å². The van der Waals surface area contributed by atoms with E-state index in [9.17, 15) is 0 Å². The normalized spacial score (nSPS) is 10.4. The van der Waals surface area contributed by atoms with E-state index in [1.807, 2.05) is 6.92 Å². The van der Waals surface area contributed by atoms with Gasteiger partial charge in [-0.05, 0) is 31.5 Å². The zero-order valence-electron chi connectivity index (χ0n) is 9.09. The molecule has 0 saturated heterocycles. The SMILES string of the molecule is Cc1nccc(-c2ncc(CCN)cn2)n1. The second-order valence-electron chi connectivity index (χ2n) is 3.44. The van der Waals surface area contributed by atoms with Gasteiger partial charge < -0.3 is 5.73 Å². The lowest BCUT2D eigenvalue weighted by atomic mass is 10.2. The van der Waals surface area contributed by atoms with Crippen molar-refractivity contribution in [3.05, 3.63) is 36.0 Å². The molecule has 82 valence electrons.